The lowest BCUT2D eigenvalue weighted by molar-refractivity contribution is -0.138. The van der Waals surface area contributed by atoms with E-state index in [-0.39, 0.29) is 18.2 Å². The fourth-order valence-corrected chi connectivity index (χ4v) is 2.97. The van der Waals surface area contributed by atoms with E-state index in [4.69, 9.17) is 5.11 Å². The van der Waals surface area contributed by atoms with Gasteiger partial charge in [-0.1, -0.05) is 29.8 Å². The van der Waals surface area contributed by atoms with E-state index in [1.165, 1.54) is 0 Å². The summed E-state index contributed by atoms with van der Waals surface area (Å²) in [4.78, 5) is 23.0. The van der Waals surface area contributed by atoms with Gasteiger partial charge in [0.2, 0.25) is 0 Å². The molecule has 0 saturated carbocycles. The van der Waals surface area contributed by atoms with Crippen LogP contribution in [0, 0.1) is 18.8 Å². The molecule has 2 N–H and O–H groups in total. The highest BCUT2D eigenvalue weighted by atomic mass is 79.9. The monoisotopic (exact) mass is 355 g/mol. The van der Waals surface area contributed by atoms with E-state index >= 15 is 0 Å². The zero-order chi connectivity index (χ0) is 16.0. The smallest absolute Gasteiger partial charge is 0.303 e. The molecule has 0 saturated heterocycles. The quantitative estimate of drug-likeness (QED) is 0.784. The van der Waals surface area contributed by atoms with Gasteiger partial charge in [-0.3, -0.25) is 9.59 Å². The Hall–Kier alpha value is -1.36. The van der Waals surface area contributed by atoms with Crippen molar-refractivity contribution >= 4 is 27.8 Å². The molecule has 1 amide bonds. The molecule has 1 unspecified atom stereocenters. The summed E-state index contributed by atoms with van der Waals surface area (Å²) in [5, 5.41) is 11.8. The van der Waals surface area contributed by atoms with Gasteiger partial charge in [-0.15, -0.1) is 0 Å². The summed E-state index contributed by atoms with van der Waals surface area (Å²) in [5.74, 6) is -0.634. The lowest BCUT2D eigenvalue weighted by Gasteiger charge is -2.18. The molecule has 0 heterocycles. The number of carboxylic acid groups (broad SMARTS) is 1. The van der Waals surface area contributed by atoms with Crippen LogP contribution in [0.25, 0.3) is 0 Å². The summed E-state index contributed by atoms with van der Waals surface area (Å²) in [6.07, 6.45) is 0.861. The van der Waals surface area contributed by atoms with Gasteiger partial charge in [0.1, 0.15) is 0 Å². The summed E-state index contributed by atoms with van der Waals surface area (Å²) < 4.78 is 0.858. The molecule has 0 radical (unpaired) electrons. The molecule has 0 fully saturated rings. The Kier molecular flexibility index (Phi) is 6.89. The van der Waals surface area contributed by atoms with Crippen molar-refractivity contribution in [3.8, 4) is 0 Å². The summed E-state index contributed by atoms with van der Waals surface area (Å²) in [5.41, 5.74) is 1.58. The second-order valence-corrected chi connectivity index (χ2v) is 6.74. The first kappa shape index (κ1) is 17.7. The van der Waals surface area contributed by atoms with E-state index in [0.29, 0.717) is 18.0 Å². The summed E-state index contributed by atoms with van der Waals surface area (Å²) >= 11 is 3.37. The minimum atomic E-state index is -0.826. The van der Waals surface area contributed by atoms with E-state index in [9.17, 15) is 9.59 Å². The van der Waals surface area contributed by atoms with Crippen LogP contribution in [0.4, 0.5) is 0 Å². The van der Waals surface area contributed by atoms with Crippen LogP contribution < -0.4 is 5.32 Å². The van der Waals surface area contributed by atoms with Gasteiger partial charge in [0.25, 0.3) is 5.91 Å². The predicted octanol–water partition coefficient (Wildman–Crippen LogP) is 3.62. The van der Waals surface area contributed by atoms with Crippen molar-refractivity contribution in [2.45, 2.75) is 33.6 Å². The molecule has 0 aliphatic heterocycles. The third-order valence-corrected chi connectivity index (χ3v) is 3.58. The van der Waals surface area contributed by atoms with E-state index in [1.807, 2.05) is 32.9 Å². The maximum atomic E-state index is 12.1. The van der Waals surface area contributed by atoms with Crippen molar-refractivity contribution in [3.05, 3.63) is 33.8 Å². The second kappa shape index (κ2) is 8.17. The molecule has 5 heteroatoms. The highest BCUT2D eigenvalue weighted by molar-refractivity contribution is 9.10. The molecule has 1 rings (SSSR count). The first-order chi connectivity index (χ1) is 9.77. The van der Waals surface area contributed by atoms with Crippen LogP contribution >= 0.6 is 15.9 Å². The van der Waals surface area contributed by atoms with Crippen molar-refractivity contribution < 1.29 is 14.7 Å². The molecule has 0 aromatic heterocycles. The summed E-state index contributed by atoms with van der Waals surface area (Å²) in [6, 6.07) is 5.51. The molecule has 4 nitrogen and oxygen atoms in total. The number of halogens is 1. The normalized spacial score (nSPS) is 12.2. The van der Waals surface area contributed by atoms with Crippen molar-refractivity contribution in [2.24, 2.45) is 11.8 Å². The lowest BCUT2D eigenvalue weighted by Crippen LogP contribution is -2.31. The van der Waals surface area contributed by atoms with Gasteiger partial charge in [-0.2, -0.15) is 0 Å². The van der Waals surface area contributed by atoms with Crippen molar-refractivity contribution in [1.82, 2.24) is 5.32 Å². The Morgan fingerprint density at radius 3 is 2.48 bits per heavy atom. The molecule has 1 atom stereocenters. The van der Waals surface area contributed by atoms with Crippen LogP contribution in [-0.4, -0.2) is 23.5 Å². The van der Waals surface area contributed by atoms with Crippen molar-refractivity contribution in [1.29, 1.82) is 0 Å². The molecule has 0 aliphatic rings. The third-order valence-electron chi connectivity index (χ3n) is 3.12. The Bertz CT molecular complexity index is 494. The first-order valence-electron chi connectivity index (χ1n) is 7.05. The number of amides is 1. The van der Waals surface area contributed by atoms with E-state index in [1.54, 1.807) is 6.07 Å². The number of aliphatic carboxylic acids is 1. The maximum Gasteiger partial charge on any atom is 0.303 e. The van der Waals surface area contributed by atoms with Gasteiger partial charge in [0.05, 0.1) is 0 Å². The molecule has 21 heavy (non-hydrogen) atoms. The van der Waals surface area contributed by atoms with Gasteiger partial charge in [0.15, 0.2) is 0 Å². The summed E-state index contributed by atoms with van der Waals surface area (Å²) in [6.45, 7) is 6.41. The van der Waals surface area contributed by atoms with E-state index in [0.717, 1.165) is 16.5 Å². The average Bonchev–Trinajstić information content (AvgIpc) is 2.32. The molecule has 1 aromatic rings. The largest absolute Gasteiger partial charge is 0.481 e. The zero-order valence-electron chi connectivity index (χ0n) is 12.6. The molecule has 1 aromatic carbocycles. The average molecular weight is 356 g/mol. The number of carbonyl (C=O) groups excluding carboxylic acids is 1. The Morgan fingerprint density at radius 1 is 1.29 bits per heavy atom. The topological polar surface area (TPSA) is 66.4 Å². The number of nitrogens with one attached hydrogen (secondary N) is 1. The number of benzene rings is 1. The van der Waals surface area contributed by atoms with Gasteiger partial charge in [-0.25, -0.2) is 0 Å². The van der Waals surface area contributed by atoms with Crippen LogP contribution in [0.5, 0.6) is 0 Å². The number of carboxylic acids is 1. The molecular formula is C16H22BrNO3. The molecule has 116 valence electrons. The standard InChI is InChI=1S/C16H22BrNO3/c1-10(2)4-12(7-15(19)20)9-18-16(21)13-5-11(3)6-14(17)8-13/h5-6,8,10,12H,4,7,9H2,1-3H3,(H,18,21)(H,19,20). The minimum Gasteiger partial charge on any atom is -0.481 e. The molecule has 0 bridgehead atoms. The van der Waals surface area contributed by atoms with Crippen molar-refractivity contribution in [2.75, 3.05) is 6.54 Å². The zero-order valence-corrected chi connectivity index (χ0v) is 14.2. The number of hydrogen-bond donors (Lipinski definition) is 2. The third kappa shape index (κ3) is 6.76. The molecular weight excluding hydrogens is 334 g/mol. The summed E-state index contributed by atoms with van der Waals surface area (Å²) in [7, 11) is 0. The number of aryl methyl sites for hydroxylation is 1. The molecule has 0 aliphatic carbocycles. The van der Waals surface area contributed by atoms with Crippen LogP contribution in [0.2, 0.25) is 0 Å². The number of carbonyl (C=O) groups is 2. The number of rotatable bonds is 7. The molecule has 0 spiro atoms. The number of hydrogen-bond acceptors (Lipinski definition) is 2. The lowest BCUT2D eigenvalue weighted by atomic mass is 9.94. The van der Waals surface area contributed by atoms with E-state index < -0.39 is 5.97 Å². The predicted molar refractivity (Wildman–Crippen MR) is 86.4 cm³/mol. The minimum absolute atomic E-state index is 0.0419. The highest BCUT2D eigenvalue weighted by Crippen LogP contribution is 2.17. The van der Waals surface area contributed by atoms with E-state index in [2.05, 4.69) is 21.2 Å². The van der Waals surface area contributed by atoms with Gasteiger partial charge in [0, 0.05) is 23.0 Å². The maximum absolute atomic E-state index is 12.1. The van der Waals surface area contributed by atoms with Crippen LogP contribution in [0.3, 0.4) is 0 Å². The van der Waals surface area contributed by atoms with Crippen LogP contribution in [0.15, 0.2) is 22.7 Å². The van der Waals surface area contributed by atoms with Crippen LogP contribution in [-0.2, 0) is 4.79 Å². The Balaban J connectivity index is 2.65. The fraction of sp³-hybridized carbons (Fsp3) is 0.500. The van der Waals surface area contributed by atoms with Gasteiger partial charge in [-0.05, 0) is 48.9 Å². The fourth-order valence-electron chi connectivity index (χ4n) is 2.36. The Labute approximate surface area is 134 Å². The Morgan fingerprint density at radius 2 is 1.95 bits per heavy atom. The highest BCUT2D eigenvalue weighted by Gasteiger charge is 2.16. The first-order valence-corrected chi connectivity index (χ1v) is 7.84. The van der Waals surface area contributed by atoms with Gasteiger partial charge < -0.3 is 10.4 Å². The van der Waals surface area contributed by atoms with Gasteiger partial charge >= 0.3 is 5.97 Å². The van der Waals surface area contributed by atoms with Crippen LogP contribution in [0.1, 0.15) is 42.6 Å². The van der Waals surface area contributed by atoms with Crippen molar-refractivity contribution in [3.63, 3.8) is 0 Å². The second-order valence-electron chi connectivity index (χ2n) is 5.82. The SMILES string of the molecule is Cc1cc(Br)cc(C(=O)NCC(CC(=O)O)CC(C)C)c1.